The summed E-state index contributed by atoms with van der Waals surface area (Å²) in [5, 5.41) is 0.391. The van der Waals surface area contributed by atoms with E-state index in [1.165, 1.54) is 22.5 Å². The standard InChI is InChI=1S/C15H14Cl2FN3O3S/c16-10-3-4-13(17)14(6-10)25(22,23)21-5-1-2-12(9-21)24-15-19-7-11(18)8-20-15/h3-4,6-8,12H,1-2,5,9H2. The van der Waals surface area contributed by atoms with Gasteiger partial charge in [-0.25, -0.2) is 22.8 Å². The summed E-state index contributed by atoms with van der Waals surface area (Å²) in [5.74, 6) is -0.573. The Hall–Kier alpha value is -1.48. The van der Waals surface area contributed by atoms with Crippen LogP contribution in [-0.4, -0.2) is 41.9 Å². The summed E-state index contributed by atoms with van der Waals surface area (Å²) in [4.78, 5) is 7.42. The van der Waals surface area contributed by atoms with E-state index in [-0.39, 0.29) is 27.5 Å². The van der Waals surface area contributed by atoms with Crippen molar-refractivity contribution in [1.82, 2.24) is 14.3 Å². The van der Waals surface area contributed by atoms with Gasteiger partial charge < -0.3 is 4.74 Å². The van der Waals surface area contributed by atoms with Gasteiger partial charge in [-0.1, -0.05) is 23.2 Å². The van der Waals surface area contributed by atoms with Crippen LogP contribution in [0, 0.1) is 5.82 Å². The molecule has 0 saturated carbocycles. The smallest absolute Gasteiger partial charge is 0.316 e. The molecule has 1 atom stereocenters. The third-order valence-electron chi connectivity index (χ3n) is 3.72. The largest absolute Gasteiger partial charge is 0.459 e. The van der Waals surface area contributed by atoms with Crippen molar-refractivity contribution in [1.29, 1.82) is 0 Å². The third-order valence-corrected chi connectivity index (χ3v) is 6.30. The number of ether oxygens (including phenoxy) is 1. The summed E-state index contributed by atoms with van der Waals surface area (Å²) in [6, 6.07) is 4.30. The normalized spacial score (nSPS) is 18.9. The Morgan fingerprint density at radius 1 is 1.24 bits per heavy atom. The zero-order valence-electron chi connectivity index (χ0n) is 12.9. The van der Waals surface area contributed by atoms with Crippen LogP contribution in [-0.2, 0) is 10.0 Å². The number of piperidine rings is 1. The number of hydrogen-bond acceptors (Lipinski definition) is 5. The van der Waals surface area contributed by atoms with Crippen molar-refractivity contribution in [3.05, 3.63) is 46.5 Å². The van der Waals surface area contributed by atoms with Crippen LogP contribution in [0.4, 0.5) is 4.39 Å². The van der Waals surface area contributed by atoms with Gasteiger partial charge in [0.05, 0.1) is 24.0 Å². The van der Waals surface area contributed by atoms with Crippen molar-refractivity contribution in [2.75, 3.05) is 13.1 Å². The maximum Gasteiger partial charge on any atom is 0.316 e. The molecule has 1 saturated heterocycles. The first-order chi connectivity index (χ1) is 11.9. The quantitative estimate of drug-likeness (QED) is 0.780. The summed E-state index contributed by atoms with van der Waals surface area (Å²) in [5.41, 5.74) is 0. The highest BCUT2D eigenvalue weighted by molar-refractivity contribution is 7.89. The lowest BCUT2D eigenvalue weighted by Gasteiger charge is -2.31. The van der Waals surface area contributed by atoms with Gasteiger partial charge in [0.15, 0.2) is 5.82 Å². The molecule has 1 unspecified atom stereocenters. The van der Waals surface area contributed by atoms with Crippen LogP contribution >= 0.6 is 23.2 Å². The first kappa shape index (κ1) is 18.3. The van der Waals surface area contributed by atoms with Crippen molar-refractivity contribution in [2.45, 2.75) is 23.8 Å². The van der Waals surface area contributed by atoms with Crippen LogP contribution in [0.15, 0.2) is 35.5 Å². The predicted octanol–water partition coefficient (Wildman–Crippen LogP) is 3.15. The fourth-order valence-corrected chi connectivity index (χ4v) is 4.79. The minimum atomic E-state index is -3.81. The van der Waals surface area contributed by atoms with Crippen molar-refractivity contribution in [2.24, 2.45) is 0 Å². The highest BCUT2D eigenvalue weighted by Crippen LogP contribution is 2.29. The first-order valence-electron chi connectivity index (χ1n) is 7.45. The highest BCUT2D eigenvalue weighted by atomic mass is 35.5. The second-order valence-corrected chi connectivity index (χ2v) is 8.25. The Balaban J connectivity index is 1.78. The summed E-state index contributed by atoms with van der Waals surface area (Å²) < 4.78 is 45.4. The molecule has 3 rings (SSSR count). The summed E-state index contributed by atoms with van der Waals surface area (Å²) in [6.07, 6.45) is 2.78. The molecule has 0 bridgehead atoms. The van der Waals surface area contributed by atoms with Gasteiger partial charge in [0, 0.05) is 11.6 Å². The molecule has 0 aliphatic carbocycles. The van der Waals surface area contributed by atoms with Crippen LogP contribution < -0.4 is 4.74 Å². The number of nitrogens with zero attached hydrogens (tertiary/aromatic N) is 3. The lowest BCUT2D eigenvalue weighted by molar-refractivity contribution is 0.119. The van der Waals surface area contributed by atoms with Crippen molar-refractivity contribution >= 4 is 33.2 Å². The number of sulfonamides is 1. The zero-order valence-corrected chi connectivity index (χ0v) is 15.2. The topological polar surface area (TPSA) is 72.4 Å². The van der Waals surface area contributed by atoms with Gasteiger partial charge in [0.1, 0.15) is 11.0 Å². The Labute approximate surface area is 154 Å². The number of hydrogen-bond donors (Lipinski definition) is 0. The molecule has 6 nitrogen and oxygen atoms in total. The summed E-state index contributed by atoms with van der Waals surface area (Å²) in [7, 11) is -3.81. The third kappa shape index (κ3) is 4.20. The molecule has 1 aromatic heterocycles. The fraction of sp³-hybridized carbons (Fsp3) is 0.333. The van der Waals surface area contributed by atoms with Gasteiger partial charge in [-0.05, 0) is 31.0 Å². The Morgan fingerprint density at radius 3 is 2.68 bits per heavy atom. The summed E-state index contributed by atoms with van der Waals surface area (Å²) in [6.45, 7) is 0.460. The molecular weight excluding hydrogens is 392 g/mol. The fourth-order valence-electron chi connectivity index (χ4n) is 2.54. The second kappa shape index (κ2) is 7.41. The SMILES string of the molecule is O=S(=O)(c1cc(Cl)ccc1Cl)N1CCCC(Oc2ncc(F)cn2)C1. The molecular formula is C15H14Cl2FN3O3S. The molecule has 2 aromatic rings. The molecule has 2 heterocycles. The molecule has 0 radical (unpaired) electrons. The Kier molecular flexibility index (Phi) is 5.43. The lowest BCUT2D eigenvalue weighted by atomic mass is 10.1. The molecule has 0 spiro atoms. The van der Waals surface area contributed by atoms with Crippen LogP contribution in [0.1, 0.15) is 12.8 Å². The van der Waals surface area contributed by atoms with E-state index < -0.39 is 21.9 Å². The van der Waals surface area contributed by atoms with E-state index in [0.717, 1.165) is 12.4 Å². The van der Waals surface area contributed by atoms with Gasteiger partial charge in [-0.2, -0.15) is 4.31 Å². The average molecular weight is 406 g/mol. The van der Waals surface area contributed by atoms with E-state index in [0.29, 0.717) is 19.4 Å². The number of aromatic nitrogens is 2. The minimum Gasteiger partial charge on any atom is -0.459 e. The number of rotatable bonds is 4. The van der Waals surface area contributed by atoms with Gasteiger partial charge in [-0.3, -0.25) is 0 Å². The van der Waals surface area contributed by atoms with Crippen LogP contribution in [0.5, 0.6) is 6.01 Å². The molecule has 1 aliphatic heterocycles. The molecule has 1 aliphatic rings. The molecule has 25 heavy (non-hydrogen) atoms. The van der Waals surface area contributed by atoms with E-state index in [4.69, 9.17) is 27.9 Å². The monoisotopic (exact) mass is 405 g/mol. The van der Waals surface area contributed by atoms with E-state index in [1.54, 1.807) is 0 Å². The number of halogens is 3. The summed E-state index contributed by atoms with van der Waals surface area (Å²) >= 11 is 11.9. The molecule has 10 heteroatoms. The van der Waals surface area contributed by atoms with Crippen LogP contribution in [0.2, 0.25) is 10.0 Å². The first-order valence-corrected chi connectivity index (χ1v) is 9.65. The maximum absolute atomic E-state index is 12.9. The van der Waals surface area contributed by atoms with Gasteiger partial charge in [-0.15, -0.1) is 0 Å². The van der Waals surface area contributed by atoms with Gasteiger partial charge >= 0.3 is 6.01 Å². The van der Waals surface area contributed by atoms with Crippen molar-refractivity contribution < 1.29 is 17.5 Å². The average Bonchev–Trinajstić information content (AvgIpc) is 2.59. The van der Waals surface area contributed by atoms with E-state index in [2.05, 4.69) is 9.97 Å². The molecule has 0 amide bonds. The van der Waals surface area contributed by atoms with Gasteiger partial charge in [0.2, 0.25) is 10.0 Å². The minimum absolute atomic E-state index is 0.00596. The van der Waals surface area contributed by atoms with Gasteiger partial charge in [0.25, 0.3) is 0 Å². The predicted molar refractivity (Wildman–Crippen MR) is 90.9 cm³/mol. The van der Waals surface area contributed by atoms with Crippen LogP contribution in [0.3, 0.4) is 0 Å². The lowest BCUT2D eigenvalue weighted by Crippen LogP contribution is -2.44. The van der Waals surface area contributed by atoms with Crippen molar-refractivity contribution in [3.63, 3.8) is 0 Å². The van der Waals surface area contributed by atoms with E-state index in [9.17, 15) is 12.8 Å². The molecule has 0 N–H and O–H groups in total. The van der Waals surface area contributed by atoms with Crippen LogP contribution in [0.25, 0.3) is 0 Å². The van der Waals surface area contributed by atoms with E-state index in [1.807, 2.05) is 0 Å². The van der Waals surface area contributed by atoms with E-state index >= 15 is 0 Å². The Bertz CT molecular complexity index is 865. The molecule has 1 fully saturated rings. The molecule has 1 aromatic carbocycles. The highest BCUT2D eigenvalue weighted by Gasteiger charge is 2.33. The second-order valence-electron chi connectivity index (χ2n) is 5.50. The Morgan fingerprint density at radius 2 is 1.96 bits per heavy atom. The maximum atomic E-state index is 12.9. The zero-order chi connectivity index (χ0) is 18.0. The van der Waals surface area contributed by atoms with Crippen molar-refractivity contribution in [3.8, 4) is 6.01 Å². The number of benzene rings is 1. The molecule has 134 valence electrons.